The Morgan fingerprint density at radius 2 is 2.18 bits per heavy atom. The number of nitrogens with one attached hydrogen (secondary N) is 1. The fourth-order valence-electron chi connectivity index (χ4n) is 1.40. The van der Waals surface area contributed by atoms with Crippen molar-refractivity contribution in [3.05, 3.63) is 41.6 Å². The second-order valence-electron chi connectivity index (χ2n) is 3.56. The zero-order valence-electron chi connectivity index (χ0n) is 9.26. The molecule has 0 aliphatic heterocycles. The Morgan fingerprint density at radius 3 is 2.88 bits per heavy atom. The lowest BCUT2D eigenvalue weighted by Crippen LogP contribution is -2.11. The molecule has 0 saturated heterocycles. The third-order valence-corrected chi connectivity index (χ3v) is 2.45. The van der Waals surface area contributed by atoms with Gasteiger partial charge in [-0.3, -0.25) is 4.98 Å². The fourth-order valence-corrected chi connectivity index (χ4v) is 1.53. The Bertz CT molecular complexity index is 502. The number of anilines is 2. The van der Waals surface area contributed by atoms with E-state index in [2.05, 4.69) is 20.3 Å². The number of pyridine rings is 1. The van der Waals surface area contributed by atoms with Gasteiger partial charge in [-0.15, -0.1) is 0 Å². The molecule has 2 aromatic heterocycles. The van der Waals surface area contributed by atoms with Crippen molar-refractivity contribution in [2.24, 2.45) is 0 Å². The van der Waals surface area contributed by atoms with Gasteiger partial charge >= 0.3 is 0 Å². The molecule has 0 fully saturated rings. The summed E-state index contributed by atoms with van der Waals surface area (Å²) in [5.74, 6) is 0.517. The van der Waals surface area contributed by atoms with Gasteiger partial charge in [-0.2, -0.15) is 4.98 Å². The molecular formula is C11H12ClN5. The topological polar surface area (TPSA) is 76.7 Å². The SMILES string of the molecule is CC(Nc1nc(Cl)ncc1N)c1ccccn1. The lowest BCUT2D eigenvalue weighted by molar-refractivity contribution is 0.831. The minimum absolute atomic E-state index is 0.00975. The molecule has 0 spiro atoms. The summed E-state index contributed by atoms with van der Waals surface area (Å²) in [4.78, 5) is 12.1. The minimum atomic E-state index is -0.00975. The number of hydrogen-bond donors (Lipinski definition) is 2. The average Bonchev–Trinajstić information content (AvgIpc) is 2.35. The zero-order valence-corrected chi connectivity index (χ0v) is 10.0. The van der Waals surface area contributed by atoms with Crippen LogP contribution in [0.5, 0.6) is 0 Å². The van der Waals surface area contributed by atoms with E-state index in [-0.39, 0.29) is 11.3 Å². The smallest absolute Gasteiger partial charge is 0.224 e. The first kappa shape index (κ1) is 11.6. The highest BCUT2D eigenvalue weighted by atomic mass is 35.5. The first-order chi connectivity index (χ1) is 8.16. The van der Waals surface area contributed by atoms with E-state index in [1.807, 2.05) is 25.1 Å². The second kappa shape index (κ2) is 4.97. The highest BCUT2D eigenvalue weighted by Gasteiger charge is 2.09. The molecule has 3 N–H and O–H groups in total. The number of nitrogens with two attached hydrogens (primary N) is 1. The summed E-state index contributed by atoms with van der Waals surface area (Å²) in [6.07, 6.45) is 3.21. The molecule has 0 bridgehead atoms. The lowest BCUT2D eigenvalue weighted by Gasteiger charge is -2.14. The molecule has 5 nitrogen and oxygen atoms in total. The van der Waals surface area contributed by atoms with E-state index >= 15 is 0 Å². The summed E-state index contributed by atoms with van der Waals surface area (Å²) < 4.78 is 0. The van der Waals surface area contributed by atoms with E-state index in [0.717, 1.165) is 5.69 Å². The molecule has 88 valence electrons. The van der Waals surface area contributed by atoms with Crippen LogP contribution in [0.1, 0.15) is 18.7 Å². The summed E-state index contributed by atoms with van der Waals surface area (Å²) in [6.45, 7) is 1.97. The van der Waals surface area contributed by atoms with Gasteiger partial charge in [-0.1, -0.05) is 6.07 Å². The molecule has 0 aromatic carbocycles. The number of aromatic nitrogens is 3. The summed E-state index contributed by atoms with van der Waals surface area (Å²) >= 11 is 5.71. The van der Waals surface area contributed by atoms with Crippen LogP contribution >= 0.6 is 11.6 Å². The van der Waals surface area contributed by atoms with Gasteiger partial charge in [-0.25, -0.2) is 4.98 Å². The molecule has 0 radical (unpaired) electrons. The van der Waals surface area contributed by atoms with Crippen LogP contribution in [0.2, 0.25) is 5.28 Å². The molecule has 2 rings (SSSR count). The van der Waals surface area contributed by atoms with Crippen LogP contribution in [0, 0.1) is 0 Å². The average molecular weight is 250 g/mol. The number of nitrogen functional groups attached to an aromatic ring is 1. The standard InChI is InChI=1S/C11H12ClN5/c1-7(9-4-2-3-5-14-9)16-10-8(13)6-15-11(12)17-10/h2-7H,13H2,1H3,(H,15,16,17). The molecule has 0 aliphatic rings. The molecule has 17 heavy (non-hydrogen) atoms. The van der Waals surface area contributed by atoms with Gasteiger partial charge in [0.15, 0.2) is 5.82 Å². The minimum Gasteiger partial charge on any atom is -0.394 e. The van der Waals surface area contributed by atoms with E-state index in [1.165, 1.54) is 6.20 Å². The van der Waals surface area contributed by atoms with Crippen molar-refractivity contribution >= 4 is 23.1 Å². The number of rotatable bonds is 3. The van der Waals surface area contributed by atoms with Crippen molar-refractivity contribution in [2.75, 3.05) is 11.1 Å². The molecule has 2 aromatic rings. The molecule has 0 saturated carbocycles. The predicted molar refractivity (Wildman–Crippen MR) is 67.7 cm³/mol. The van der Waals surface area contributed by atoms with Crippen LogP contribution in [0.4, 0.5) is 11.5 Å². The van der Waals surface area contributed by atoms with Crippen molar-refractivity contribution in [1.82, 2.24) is 15.0 Å². The van der Waals surface area contributed by atoms with E-state index in [1.54, 1.807) is 6.20 Å². The third-order valence-electron chi connectivity index (χ3n) is 2.27. The number of halogens is 1. The highest BCUT2D eigenvalue weighted by Crippen LogP contribution is 2.21. The first-order valence-corrected chi connectivity index (χ1v) is 5.50. The lowest BCUT2D eigenvalue weighted by atomic mass is 10.2. The van der Waals surface area contributed by atoms with Crippen LogP contribution in [0.25, 0.3) is 0 Å². The van der Waals surface area contributed by atoms with E-state index in [9.17, 15) is 0 Å². The largest absolute Gasteiger partial charge is 0.394 e. The molecular weight excluding hydrogens is 238 g/mol. The Morgan fingerprint density at radius 1 is 1.35 bits per heavy atom. The van der Waals surface area contributed by atoms with Crippen LogP contribution in [0.3, 0.4) is 0 Å². The number of nitrogens with zero attached hydrogens (tertiary/aromatic N) is 3. The van der Waals surface area contributed by atoms with Crippen molar-refractivity contribution in [3.63, 3.8) is 0 Å². The Balaban J connectivity index is 2.18. The third kappa shape index (κ3) is 2.82. The van der Waals surface area contributed by atoms with Crippen molar-refractivity contribution in [3.8, 4) is 0 Å². The molecule has 0 aliphatic carbocycles. The fraction of sp³-hybridized carbons (Fsp3) is 0.182. The van der Waals surface area contributed by atoms with Crippen LogP contribution in [-0.2, 0) is 0 Å². The predicted octanol–water partition coefficient (Wildman–Crippen LogP) is 2.28. The van der Waals surface area contributed by atoms with Gasteiger partial charge in [0.05, 0.1) is 23.6 Å². The number of hydrogen-bond acceptors (Lipinski definition) is 5. The van der Waals surface area contributed by atoms with E-state index in [0.29, 0.717) is 11.5 Å². The Labute approximate surface area is 104 Å². The van der Waals surface area contributed by atoms with Crippen LogP contribution in [-0.4, -0.2) is 15.0 Å². The second-order valence-corrected chi connectivity index (χ2v) is 3.90. The maximum atomic E-state index is 5.75. The van der Waals surface area contributed by atoms with Gasteiger partial charge in [0, 0.05) is 6.20 Å². The van der Waals surface area contributed by atoms with Crippen molar-refractivity contribution < 1.29 is 0 Å². The zero-order chi connectivity index (χ0) is 12.3. The van der Waals surface area contributed by atoms with E-state index < -0.39 is 0 Å². The van der Waals surface area contributed by atoms with Crippen molar-refractivity contribution in [2.45, 2.75) is 13.0 Å². The Kier molecular flexibility index (Phi) is 3.39. The summed E-state index contributed by atoms with van der Waals surface area (Å²) in [6, 6.07) is 5.71. The normalized spacial score (nSPS) is 12.1. The maximum absolute atomic E-state index is 5.75. The van der Waals surface area contributed by atoms with Gasteiger partial charge in [-0.05, 0) is 30.7 Å². The molecule has 1 unspecified atom stereocenters. The van der Waals surface area contributed by atoms with Gasteiger partial charge in [0.2, 0.25) is 5.28 Å². The van der Waals surface area contributed by atoms with Crippen molar-refractivity contribution in [1.29, 1.82) is 0 Å². The van der Waals surface area contributed by atoms with Gasteiger partial charge in [0.25, 0.3) is 0 Å². The molecule has 1 atom stereocenters. The summed E-state index contributed by atoms with van der Waals surface area (Å²) in [7, 11) is 0. The first-order valence-electron chi connectivity index (χ1n) is 5.12. The highest BCUT2D eigenvalue weighted by molar-refractivity contribution is 6.28. The molecule has 6 heteroatoms. The monoisotopic (exact) mass is 249 g/mol. The quantitative estimate of drug-likeness (QED) is 0.816. The summed E-state index contributed by atoms with van der Waals surface area (Å²) in [5.41, 5.74) is 7.11. The van der Waals surface area contributed by atoms with Crippen LogP contribution < -0.4 is 11.1 Å². The molecule has 2 heterocycles. The maximum Gasteiger partial charge on any atom is 0.224 e. The van der Waals surface area contributed by atoms with E-state index in [4.69, 9.17) is 17.3 Å². The van der Waals surface area contributed by atoms with Gasteiger partial charge in [0.1, 0.15) is 0 Å². The molecule has 0 amide bonds. The van der Waals surface area contributed by atoms with Gasteiger partial charge < -0.3 is 11.1 Å². The Hall–Kier alpha value is -1.88. The summed E-state index contributed by atoms with van der Waals surface area (Å²) in [5, 5.41) is 3.31. The van der Waals surface area contributed by atoms with Crippen LogP contribution in [0.15, 0.2) is 30.6 Å².